The van der Waals surface area contributed by atoms with Crippen molar-refractivity contribution in [1.82, 2.24) is 0 Å². The molecular weight excluding hydrogens is 284 g/mol. The predicted molar refractivity (Wildman–Crippen MR) is 60.7 cm³/mol. The number of alkyl halides is 1. The van der Waals surface area contributed by atoms with E-state index in [-0.39, 0.29) is 11.3 Å². The zero-order chi connectivity index (χ0) is 11.9. The molecule has 0 radical (unpaired) electrons. The van der Waals surface area contributed by atoms with Crippen LogP contribution in [0, 0.1) is 0 Å². The molecular formula is C8H17BrO5Si. The third kappa shape index (κ3) is 3.84. The number of halogens is 1. The zero-order valence-electron chi connectivity index (χ0n) is 9.41. The summed E-state index contributed by atoms with van der Waals surface area (Å²) in [7, 11) is 1.58. The molecule has 0 heterocycles. The van der Waals surface area contributed by atoms with Crippen LogP contribution in [0.15, 0.2) is 0 Å². The van der Waals surface area contributed by atoms with E-state index in [0.717, 1.165) is 0 Å². The largest absolute Gasteiger partial charge is 0.543 e. The van der Waals surface area contributed by atoms with Crippen molar-refractivity contribution in [3.63, 3.8) is 0 Å². The fourth-order valence-corrected chi connectivity index (χ4v) is 3.44. The van der Waals surface area contributed by atoms with Crippen molar-refractivity contribution in [2.45, 2.75) is 19.1 Å². The number of carbonyl (C=O) groups excluding carboxylic acids is 1. The second kappa shape index (κ2) is 7.34. The molecule has 0 aliphatic heterocycles. The van der Waals surface area contributed by atoms with Gasteiger partial charge >= 0.3 is 14.8 Å². The summed E-state index contributed by atoms with van der Waals surface area (Å²) in [6.45, 7) is 1.88. The molecule has 0 aromatic rings. The molecule has 7 heteroatoms. The molecule has 0 bridgehead atoms. The van der Waals surface area contributed by atoms with E-state index >= 15 is 0 Å². The normalized spacial score (nSPS) is 13.7. The Kier molecular flexibility index (Phi) is 7.36. The molecule has 0 saturated carbocycles. The van der Waals surface area contributed by atoms with Crippen LogP contribution in [0.2, 0.25) is 0 Å². The minimum Gasteiger partial charge on any atom is -0.457 e. The first kappa shape index (κ1) is 15.0. The van der Waals surface area contributed by atoms with Crippen molar-refractivity contribution >= 4 is 30.7 Å². The highest BCUT2D eigenvalue weighted by Gasteiger charge is 2.49. The Morgan fingerprint density at radius 1 is 1.27 bits per heavy atom. The topological polar surface area (TPSA) is 54.0 Å². The molecule has 1 atom stereocenters. The van der Waals surface area contributed by atoms with Gasteiger partial charge in [0.15, 0.2) is 5.73 Å². The van der Waals surface area contributed by atoms with Gasteiger partial charge < -0.3 is 18.0 Å². The molecule has 90 valence electrons. The van der Waals surface area contributed by atoms with Crippen molar-refractivity contribution < 1.29 is 22.8 Å². The molecule has 0 aliphatic carbocycles. The lowest BCUT2D eigenvalue weighted by atomic mass is 10.5. The quantitative estimate of drug-likeness (QED) is 0.401. The molecule has 15 heavy (non-hydrogen) atoms. The molecule has 0 fully saturated rings. The monoisotopic (exact) mass is 300 g/mol. The summed E-state index contributed by atoms with van der Waals surface area (Å²) < 4.78 is 20.9. The average Bonchev–Trinajstić information content (AvgIpc) is 2.29. The van der Waals surface area contributed by atoms with E-state index in [4.69, 9.17) is 18.0 Å². The summed E-state index contributed by atoms with van der Waals surface area (Å²) in [4.78, 5) is 11.2. The minimum absolute atomic E-state index is 0.144. The molecule has 5 nitrogen and oxygen atoms in total. The highest BCUT2D eigenvalue weighted by Crippen LogP contribution is 2.18. The van der Waals surface area contributed by atoms with Gasteiger partial charge in [-0.25, -0.2) is 0 Å². The smallest absolute Gasteiger partial charge is 0.457 e. The number of hydrogen-bond acceptors (Lipinski definition) is 5. The Morgan fingerprint density at radius 3 is 2.00 bits per heavy atom. The lowest BCUT2D eigenvalue weighted by Crippen LogP contribution is -2.56. The van der Waals surface area contributed by atoms with Gasteiger partial charge in [0.25, 0.3) is 0 Å². The number of hydrogen-bond donors (Lipinski definition) is 0. The van der Waals surface area contributed by atoms with Crippen molar-refractivity contribution in [2.75, 3.05) is 26.7 Å². The van der Waals surface area contributed by atoms with E-state index in [0.29, 0.717) is 6.42 Å². The molecule has 0 aliphatic rings. The molecule has 0 saturated heterocycles. The number of esters is 1. The maximum atomic E-state index is 11.2. The third-order valence-electron chi connectivity index (χ3n) is 2.00. The summed E-state index contributed by atoms with van der Waals surface area (Å²) >= 11 is 3.02. The number of carbonyl (C=O) groups is 1. The van der Waals surface area contributed by atoms with Gasteiger partial charge in [-0.15, -0.1) is 0 Å². The third-order valence-corrected chi connectivity index (χ3v) is 5.48. The molecule has 0 aromatic heterocycles. The maximum Gasteiger partial charge on any atom is 0.543 e. The van der Waals surface area contributed by atoms with Crippen LogP contribution in [0.1, 0.15) is 13.3 Å². The van der Waals surface area contributed by atoms with Gasteiger partial charge in [-0.1, -0.05) is 22.9 Å². The van der Waals surface area contributed by atoms with E-state index in [9.17, 15) is 4.79 Å². The Labute approximate surface area is 99.5 Å². The van der Waals surface area contributed by atoms with Crippen LogP contribution in [0.4, 0.5) is 0 Å². The van der Waals surface area contributed by atoms with Crippen LogP contribution in [0.5, 0.6) is 0 Å². The first-order valence-electron chi connectivity index (χ1n) is 4.51. The van der Waals surface area contributed by atoms with Crippen LogP contribution in [0.25, 0.3) is 0 Å². The summed E-state index contributed by atoms with van der Waals surface area (Å²) in [5.74, 6) is -0.357. The fourth-order valence-electron chi connectivity index (χ4n) is 1.24. The van der Waals surface area contributed by atoms with Gasteiger partial charge in [-0.2, -0.15) is 0 Å². The molecule has 0 N–H and O–H groups in total. The molecule has 0 rings (SSSR count). The zero-order valence-corrected chi connectivity index (χ0v) is 12.0. The van der Waals surface area contributed by atoms with Gasteiger partial charge in [0.05, 0.1) is 0 Å². The standard InChI is InChI=1S/C8H17BrO5Si/c1-5-8(14-7(10)6-9)15(11-2,12-3)13-4/h8H,5-6H2,1-4H3. The van der Waals surface area contributed by atoms with Crippen LogP contribution >= 0.6 is 15.9 Å². The van der Waals surface area contributed by atoms with Crippen LogP contribution in [-0.4, -0.2) is 47.2 Å². The number of rotatable bonds is 7. The molecule has 0 amide bonds. The molecule has 0 spiro atoms. The summed E-state index contributed by atoms with van der Waals surface area (Å²) in [5, 5.41) is 0.144. The molecule has 0 aromatic carbocycles. The van der Waals surface area contributed by atoms with Gasteiger partial charge in [0.1, 0.15) is 5.33 Å². The SMILES string of the molecule is CCC(OC(=O)CBr)[Si](OC)(OC)OC. The molecule has 1 unspecified atom stereocenters. The highest BCUT2D eigenvalue weighted by atomic mass is 79.9. The summed E-state index contributed by atoms with van der Waals surface area (Å²) in [6.07, 6.45) is 0.584. The van der Waals surface area contributed by atoms with Crippen LogP contribution < -0.4 is 0 Å². The Balaban J connectivity index is 4.66. The van der Waals surface area contributed by atoms with Gasteiger partial charge in [0.2, 0.25) is 0 Å². The van der Waals surface area contributed by atoms with E-state index < -0.39 is 14.5 Å². The Hall–Kier alpha value is 0.0469. The number of ether oxygens (including phenoxy) is 1. The fraction of sp³-hybridized carbons (Fsp3) is 0.875. The van der Waals surface area contributed by atoms with E-state index in [1.54, 1.807) is 0 Å². The van der Waals surface area contributed by atoms with Gasteiger partial charge in [0, 0.05) is 21.3 Å². The van der Waals surface area contributed by atoms with Crippen molar-refractivity contribution in [3.8, 4) is 0 Å². The van der Waals surface area contributed by atoms with Crippen LogP contribution in [0.3, 0.4) is 0 Å². The van der Waals surface area contributed by atoms with E-state index in [1.165, 1.54) is 21.3 Å². The second-order valence-electron chi connectivity index (χ2n) is 2.74. The van der Waals surface area contributed by atoms with Crippen molar-refractivity contribution in [3.05, 3.63) is 0 Å². The van der Waals surface area contributed by atoms with Crippen LogP contribution in [-0.2, 0) is 22.8 Å². The van der Waals surface area contributed by atoms with Crippen molar-refractivity contribution in [1.29, 1.82) is 0 Å². The lowest BCUT2D eigenvalue weighted by molar-refractivity contribution is -0.145. The minimum atomic E-state index is -2.89. The predicted octanol–water partition coefficient (Wildman–Crippen LogP) is 1.12. The summed E-state index contributed by atoms with van der Waals surface area (Å²) in [5.41, 5.74) is -0.470. The average molecular weight is 301 g/mol. The van der Waals surface area contributed by atoms with Crippen molar-refractivity contribution in [2.24, 2.45) is 0 Å². The lowest BCUT2D eigenvalue weighted by Gasteiger charge is -2.30. The first-order chi connectivity index (χ1) is 7.10. The Morgan fingerprint density at radius 2 is 1.73 bits per heavy atom. The Bertz CT molecular complexity index is 189. The second-order valence-corrected chi connectivity index (χ2v) is 6.37. The van der Waals surface area contributed by atoms with Gasteiger partial charge in [-0.05, 0) is 6.42 Å². The van der Waals surface area contributed by atoms with E-state index in [2.05, 4.69) is 15.9 Å². The van der Waals surface area contributed by atoms with E-state index in [1.807, 2.05) is 6.92 Å². The first-order valence-corrected chi connectivity index (χ1v) is 7.43. The van der Waals surface area contributed by atoms with Gasteiger partial charge in [-0.3, -0.25) is 4.79 Å². The maximum absolute atomic E-state index is 11.2. The highest BCUT2D eigenvalue weighted by molar-refractivity contribution is 9.09. The summed E-state index contributed by atoms with van der Waals surface area (Å²) in [6, 6.07) is 0.